The first-order valence-electron chi connectivity index (χ1n) is 6.67. The van der Waals surface area contributed by atoms with Crippen LogP contribution in [0.2, 0.25) is 0 Å². The molecular formula is C15H20N2O3. The van der Waals surface area contributed by atoms with Gasteiger partial charge < -0.3 is 19.2 Å². The molecular weight excluding hydrogens is 256 g/mol. The number of nitrogens with zero attached hydrogens (tertiary/aromatic N) is 1. The first kappa shape index (κ1) is 14.4. The highest BCUT2D eigenvalue weighted by atomic mass is 16.5. The molecule has 0 aliphatic heterocycles. The zero-order valence-electron chi connectivity index (χ0n) is 12.1. The van der Waals surface area contributed by atoms with Gasteiger partial charge in [-0.25, -0.2) is 4.98 Å². The number of aromatic nitrogens is 1. The molecule has 0 radical (unpaired) electrons. The van der Waals surface area contributed by atoms with Crippen molar-refractivity contribution in [1.29, 1.82) is 0 Å². The Labute approximate surface area is 118 Å². The first-order chi connectivity index (χ1) is 9.80. The van der Waals surface area contributed by atoms with E-state index in [0.29, 0.717) is 29.7 Å². The van der Waals surface area contributed by atoms with Crippen LogP contribution in [0.3, 0.4) is 0 Å². The zero-order valence-corrected chi connectivity index (χ0v) is 12.1. The quantitative estimate of drug-likeness (QED) is 0.788. The van der Waals surface area contributed by atoms with E-state index in [0.717, 1.165) is 18.5 Å². The van der Waals surface area contributed by atoms with Gasteiger partial charge in [-0.2, -0.15) is 0 Å². The van der Waals surface area contributed by atoms with E-state index in [1.165, 1.54) is 0 Å². The van der Waals surface area contributed by atoms with Crippen LogP contribution in [0.1, 0.15) is 19.2 Å². The molecule has 5 nitrogen and oxygen atoms in total. The van der Waals surface area contributed by atoms with E-state index in [2.05, 4.69) is 17.2 Å². The normalized spacial score (nSPS) is 10.6. The number of ether oxygens (including phenoxy) is 2. The predicted molar refractivity (Wildman–Crippen MR) is 77.0 cm³/mol. The van der Waals surface area contributed by atoms with Crippen molar-refractivity contribution in [2.45, 2.75) is 19.9 Å². The van der Waals surface area contributed by atoms with Crippen LogP contribution in [-0.4, -0.2) is 25.7 Å². The van der Waals surface area contributed by atoms with Crippen LogP contribution in [0.25, 0.3) is 11.3 Å². The highest BCUT2D eigenvalue weighted by Crippen LogP contribution is 2.37. The summed E-state index contributed by atoms with van der Waals surface area (Å²) in [5, 5.41) is 3.26. The molecule has 1 aromatic carbocycles. The molecule has 2 aromatic rings. The van der Waals surface area contributed by atoms with Gasteiger partial charge in [0.05, 0.1) is 32.5 Å². The number of oxazole rings is 1. The van der Waals surface area contributed by atoms with E-state index in [1.54, 1.807) is 20.4 Å². The van der Waals surface area contributed by atoms with Crippen molar-refractivity contribution in [2.24, 2.45) is 0 Å². The maximum atomic E-state index is 5.75. The van der Waals surface area contributed by atoms with Gasteiger partial charge in [-0.05, 0) is 25.1 Å². The fourth-order valence-electron chi connectivity index (χ4n) is 1.97. The second kappa shape index (κ2) is 6.96. The van der Waals surface area contributed by atoms with Crippen LogP contribution in [0.4, 0.5) is 0 Å². The third kappa shape index (κ3) is 3.11. The van der Waals surface area contributed by atoms with Gasteiger partial charge in [0.1, 0.15) is 0 Å². The highest BCUT2D eigenvalue weighted by Gasteiger charge is 2.15. The lowest BCUT2D eigenvalue weighted by atomic mass is 10.1. The first-order valence-corrected chi connectivity index (χ1v) is 6.67. The summed E-state index contributed by atoms with van der Waals surface area (Å²) in [6.45, 7) is 3.69. The summed E-state index contributed by atoms with van der Waals surface area (Å²) < 4.78 is 16.4. The van der Waals surface area contributed by atoms with E-state index < -0.39 is 0 Å². The van der Waals surface area contributed by atoms with Crippen LogP contribution in [-0.2, 0) is 6.54 Å². The minimum Gasteiger partial charge on any atom is -0.493 e. The van der Waals surface area contributed by atoms with E-state index >= 15 is 0 Å². The van der Waals surface area contributed by atoms with E-state index in [-0.39, 0.29) is 0 Å². The summed E-state index contributed by atoms with van der Waals surface area (Å²) in [4.78, 5) is 4.27. The van der Waals surface area contributed by atoms with E-state index in [1.807, 2.05) is 18.2 Å². The predicted octanol–water partition coefficient (Wildman–Crippen LogP) is 2.86. The molecule has 1 heterocycles. The molecule has 0 saturated heterocycles. The third-order valence-corrected chi connectivity index (χ3v) is 2.92. The number of rotatable bonds is 7. The Bertz CT molecular complexity index is 552. The lowest BCUT2D eigenvalue weighted by molar-refractivity contribution is 0.355. The molecule has 1 N–H and O–H groups in total. The second-order valence-electron chi connectivity index (χ2n) is 4.34. The average Bonchev–Trinajstić information content (AvgIpc) is 2.95. The molecule has 108 valence electrons. The van der Waals surface area contributed by atoms with Crippen molar-refractivity contribution in [1.82, 2.24) is 10.3 Å². The maximum Gasteiger partial charge on any atom is 0.208 e. The fraction of sp³-hybridized carbons (Fsp3) is 0.400. The van der Waals surface area contributed by atoms with E-state index in [9.17, 15) is 0 Å². The molecule has 0 amide bonds. The summed E-state index contributed by atoms with van der Waals surface area (Å²) in [5.74, 6) is 2.67. The summed E-state index contributed by atoms with van der Waals surface area (Å²) in [7, 11) is 3.23. The lowest BCUT2D eigenvalue weighted by Crippen LogP contribution is -2.13. The highest BCUT2D eigenvalue weighted by molar-refractivity contribution is 5.69. The number of hydrogen-bond acceptors (Lipinski definition) is 5. The van der Waals surface area contributed by atoms with Crippen molar-refractivity contribution in [3.8, 4) is 22.8 Å². The Balaban J connectivity index is 2.23. The molecule has 0 unspecified atom stereocenters. The molecule has 5 heteroatoms. The number of para-hydroxylation sites is 1. The monoisotopic (exact) mass is 276 g/mol. The standard InChI is InChI=1S/C15H20N2O3/c1-4-8-16-10-14-17-9-13(20-14)11-6-5-7-12(18-2)15(11)19-3/h5-7,9,16H,4,8,10H2,1-3H3. The Morgan fingerprint density at radius 1 is 1.25 bits per heavy atom. The number of methoxy groups -OCH3 is 2. The van der Waals surface area contributed by atoms with Crippen molar-refractivity contribution >= 4 is 0 Å². The Morgan fingerprint density at radius 3 is 2.80 bits per heavy atom. The minimum atomic E-state index is 0.625. The lowest BCUT2D eigenvalue weighted by Gasteiger charge is -2.10. The molecule has 0 fully saturated rings. The van der Waals surface area contributed by atoms with Gasteiger partial charge in [-0.3, -0.25) is 0 Å². The molecule has 0 bridgehead atoms. The van der Waals surface area contributed by atoms with E-state index in [4.69, 9.17) is 13.9 Å². The van der Waals surface area contributed by atoms with Crippen molar-refractivity contribution < 1.29 is 13.9 Å². The SMILES string of the molecule is CCCNCc1ncc(-c2cccc(OC)c2OC)o1. The van der Waals surface area contributed by atoms with Crippen LogP contribution in [0.5, 0.6) is 11.5 Å². The van der Waals surface area contributed by atoms with Gasteiger partial charge in [-0.15, -0.1) is 0 Å². The number of benzene rings is 1. The van der Waals surface area contributed by atoms with Gasteiger partial charge in [0.25, 0.3) is 0 Å². The summed E-state index contributed by atoms with van der Waals surface area (Å²) >= 11 is 0. The maximum absolute atomic E-state index is 5.75. The van der Waals surface area contributed by atoms with Gasteiger partial charge in [0.15, 0.2) is 17.3 Å². The van der Waals surface area contributed by atoms with Crippen molar-refractivity contribution in [2.75, 3.05) is 20.8 Å². The molecule has 0 spiro atoms. The largest absolute Gasteiger partial charge is 0.493 e. The van der Waals surface area contributed by atoms with Crippen molar-refractivity contribution in [3.05, 3.63) is 30.3 Å². The molecule has 0 aliphatic rings. The van der Waals surface area contributed by atoms with Gasteiger partial charge in [0.2, 0.25) is 5.89 Å². The average molecular weight is 276 g/mol. The topological polar surface area (TPSA) is 56.5 Å². The molecule has 0 atom stereocenters. The second-order valence-corrected chi connectivity index (χ2v) is 4.34. The van der Waals surface area contributed by atoms with Crippen LogP contribution < -0.4 is 14.8 Å². The molecule has 2 rings (SSSR count). The van der Waals surface area contributed by atoms with Crippen LogP contribution in [0.15, 0.2) is 28.8 Å². The Kier molecular flexibility index (Phi) is 5.01. The smallest absolute Gasteiger partial charge is 0.208 e. The molecule has 0 saturated carbocycles. The van der Waals surface area contributed by atoms with Gasteiger partial charge >= 0.3 is 0 Å². The summed E-state index contributed by atoms with van der Waals surface area (Å²) in [5.41, 5.74) is 0.834. The zero-order chi connectivity index (χ0) is 14.4. The third-order valence-electron chi connectivity index (χ3n) is 2.92. The molecule has 0 aliphatic carbocycles. The molecule has 1 aromatic heterocycles. The van der Waals surface area contributed by atoms with Crippen molar-refractivity contribution in [3.63, 3.8) is 0 Å². The van der Waals surface area contributed by atoms with Gasteiger partial charge in [-0.1, -0.05) is 13.0 Å². The molecule has 20 heavy (non-hydrogen) atoms. The summed E-state index contributed by atoms with van der Waals surface area (Å²) in [6, 6.07) is 5.67. The van der Waals surface area contributed by atoms with Crippen LogP contribution >= 0.6 is 0 Å². The number of nitrogens with one attached hydrogen (secondary N) is 1. The Hall–Kier alpha value is -2.01. The number of hydrogen-bond donors (Lipinski definition) is 1. The fourth-order valence-corrected chi connectivity index (χ4v) is 1.97. The minimum absolute atomic E-state index is 0.625. The van der Waals surface area contributed by atoms with Gasteiger partial charge in [0, 0.05) is 0 Å². The van der Waals surface area contributed by atoms with Crippen LogP contribution in [0, 0.1) is 0 Å². The summed E-state index contributed by atoms with van der Waals surface area (Å²) in [6.07, 6.45) is 2.79. The Morgan fingerprint density at radius 2 is 2.10 bits per heavy atom.